The van der Waals surface area contributed by atoms with E-state index in [4.69, 9.17) is 17.0 Å². The zero-order chi connectivity index (χ0) is 43.1. The molecule has 3 saturated heterocycles. The molecule has 60 heavy (non-hydrogen) atoms. The number of thiocarbonyl (C=S) groups is 1. The normalized spacial score (nSPS) is 22.5. The molecule has 1 aliphatic carbocycles. The van der Waals surface area contributed by atoms with E-state index in [9.17, 15) is 37.6 Å². The van der Waals surface area contributed by atoms with Crippen LogP contribution in [0.5, 0.6) is 5.75 Å². The van der Waals surface area contributed by atoms with Crippen molar-refractivity contribution in [3.05, 3.63) is 88.5 Å². The molecule has 316 valence electrons. The van der Waals surface area contributed by atoms with E-state index in [1.165, 1.54) is 6.07 Å². The SMILES string of the molecule is C[C@@H]1CN(CCOc2ccc(N3C(=S)N(c4ccc(C#N)c(C(F)(F)F)c4)C(=O)C3(C)C)cc2C2CC2)C[C@H](C)N1CC(=O)Cc1cccc(CC2CCC(=O)NC2=O)c1. The van der Waals surface area contributed by atoms with Crippen LogP contribution >= 0.6 is 12.2 Å². The van der Waals surface area contributed by atoms with E-state index in [2.05, 4.69) is 29.0 Å². The highest BCUT2D eigenvalue weighted by Gasteiger charge is 2.51. The van der Waals surface area contributed by atoms with Gasteiger partial charge in [-0.3, -0.25) is 39.2 Å². The van der Waals surface area contributed by atoms with Crippen molar-refractivity contribution in [2.24, 2.45) is 5.92 Å². The van der Waals surface area contributed by atoms with Gasteiger partial charge < -0.3 is 9.64 Å². The maximum Gasteiger partial charge on any atom is 0.417 e. The van der Waals surface area contributed by atoms with Crippen LogP contribution in [-0.2, 0) is 38.2 Å². The molecule has 0 aromatic heterocycles. The van der Waals surface area contributed by atoms with Crippen molar-refractivity contribution < 1.29 is 37.1 Å². The fourth-order valence-electron chi connectivity index (χ4n) is 8.80. The number of Topliss-reactive ketones (excluding diaryl/α,β-unsaturated/α-hetero) is 1. The third kappa shape index (κ3) is 9.11. The Morgan fingerprint density at radius 2 is 1.67 bits per heavy atom. The molecule has 1 unspecified atom stereocenters. The average Bonchev–Trinajstić information content (AvgIpc) is 4.01. The number of piperidine rings is 1. The zero-order valence-corrected chi connectivity index (χ0v) is 35.0. The van der Waals surface area contributed by atoms with Crippen LogP contribution in [-0.4, -0.2) is 88.8 Å². The Labute approximate surface area is 353 Å². The third-order valence-corrected chi connectivity index (χ3v) is 12.4. The number of carbonyl (C=O) groups excluding carboxylic acids is 4. The predicted octanol–water partition coefficient (Wildman–Crippen LogP) is 6.55. The highest BCUT2D eigenvalue weighted by molar-refractivity contribution is 7.81. The summed E-state index contributed by atoms with van der Waals surface area (Å²) in [6, 6.07) is 18.5. The molecular formula is C45H49F3N6O5S. The van der Waals surface area contributed by atoms with Crippen LogP contribution in [0, 0.1) is 17.2 Å². The van der Waals surface area contributed by atoms with E-state index in [-0.39, 0.29) is 52.3 Å². The van der Waals surface area contributed by atoms with Crippen LogP contribution in [0.3, 0.4) is 0 Å². The van der Waals surface area contributed by atoms with E-state index >= 15 is 0 Å². The number of hydrogen-bond donors (Lipinski definition) is 1. The molecule has 3 amide bonds. The van der Waals surface area contributed by atoms with E-state index in [0.717, 1.165) is 65.4 Å². The van der Waals surface area contributed by atoms with Crippen LogP contribution in [0.4, 0.5) is 24.5 Å². The summed E-state index contributed by atoms with van der Waals surface area (Å²) in [6.45, 7) is 10.6. The van der Waals surface area contributed by atoms with Crippen LogP contribution < -0.4 is 19.9 Å². The van der Waals surface area contributed by atoms with Gasteiger partial charge in [0.05, 0.1) is 29.4 Å². The third-order valence-electron chi connectivity index (χ3n) is 12.1. The number of nitriles is 1. The lowest BCUT2D eigenvalue weighted by Gasteiger charge is -2.44. The van der Waals surface area contributed by atoms with Gasteiger partial charge in [-0.05, 0) is 125 Å². The van der Waals surface area contributed by atoms with Gasteiger partial charge in [-0.2, -0.15) is 18.4 Å². The molecule has 3 aromatic carbocycles. The number of alkyl halides is 3. The van der Waals surface area contributed by atoms with E-state index < -0.39 is 28.7 Å². The minimum absolute atomic E-state index is 0.0403. The minimum atomic E-state index is -4.79. The van der Waals surface area contributed by atoms with Gasteiger partial charge in [-0.1, -0.05) is 24.3 Å². The Balaban J connectivity index is 0.946. The van der Waals surface area contributed by atoms with Crippen LogP contribution in [0.25, 0.3) is 0 Å². The van der Waals surface area contributed by atoms with Crippen LogP contribution in [0.1, 0.15) is 87.1 Å². The quantitative estimate of drug-likeness (QED) is 0.150. The van der Waals surface area contributed by atoms with Crippen LogP contribution in [0.2, 0.25) is 0 Å². The van der Waals surface area contributed by atoms with Gasteiger partial charge in [0.2, 0.25) is 11.8 Å². The zero-order valence-electron chi connectivity index (χ0n) is 34.2. The standard InChI is InChI=1S/C45H49F3N6O5S/c1-27-24-51(25-28(2)52(27)26-36(55)20-30-7-5-6-29(18-30)19-32-11-15-40(56)50-41(32)57)16-17-59-39-14-13-35(21-37(39)31-8-9-31)54-43(60)53(42(58)44(54,3)4)34-12-10-33(23-49)38(22-34)45(46,47)48/h5-7,10,12-14,18,21-22,27-28,31-32H,8-9,11,15-17,19-20,24-26H2,1-4H3,(H,50,56,57)/t27-,28+,32?. The second-order valence-corrected chi connectivity index (χ2v) is 17.4. The van der Waals surface area contributed by atoms with Gasteiger partial charge in [-0.25, -0.2) is 0 Å². The van der Waals surface area contributed by atoms with Gasteiger partial charge in [0.15, 0.2) is 10.9 Å². The number of rotatable bonds is 13. The number of ketones is 1. The highest BCUT2D eigenvalue weighted by Crippen LogP contribution is 2.47. The molecule has 0 spiro atoms. The number of carbonyl (C=O) groups is 4. The molecule has 0 radical (unpaired) electrons. The molecule has 4 aliphatic rings. The van der Waals surface area contributed by atoms with Crippen molar-refractivity contribution in [1.29, 1.82) is 5.26 Å². The lowest BCUT2D eigenvalue weighted by molar-refractivity contribution is -0.138. The summed E-state index contributed by atoms with van der Waals surface area (Å²) in [5.41, 5.74) is 0.567. The average molecular weight is 843 g/mol. The first-order chi connectivity index (χ1) is 28.4. The Morgan fingerprint density at radius 3 is 2.33 bits per heavy atom. The number of hydrogen-bond acceptors (Lipinski definition) is 9. The van der Waals surface area contributed by atoms with Gasteiger partial charge in [0.1, 0.15) is 17.9 Å². The van der Waals surface area contributed by atoms with Gasteiger partial charge >= 0.3 is 6.18 Å². The number of imide groups is 1. The molecule has 3 atom stereocenters. The number of halogens is 3. The number of piperazine rings is 1. The number of anilines is 2. The van der Waals surface area contributed by atoms with Crippen molar-refractivity contribution in [2.45, 2.75) is 95.9 Å². The molecule has 1 saturated carbocycles. The first-order valence-corrected chi connectivity index (χ1v) is 20.8. The summed E-state index contributed by atoms with van der Waals surface area (Å²) in [4.78, 5) is 58.3. The molecule has 3 aliphatic heterocycles. The Morgan fingerprint density at radius 1 is 0.967 bits per heavy atom. The predicted molar refractivity (Wildman–Crippen MR) is 224 cm³/mol. The fourth-order valence-corrected chi connectivity index (χ4v) is 9.32. The number of benzene rings is 3. The number of ether oxygens (including phenoxy) is 1. The van der Waals surface area contributed by atoms with Crippen molar-refractivity contribution in [1.82, 2.24) is 15.1 Å². The Bertz CT molecular complexity index is 2240. The van der Waals surface area contributed by atoms with E-state index in [1.54, 1.807) is 24.8 Å². The summed E-state index contributed by atoms with van der Waals surface area (Å²) in [7, 11) is 0. The maximum atomic E-state index is 13.8. The summed E-state index contributed by atoms with van der Waals surface area (Å²) in [6.07, 6.45) is -1.13. The van der Waals surface area contributed by atoms with Gasteiger partial charge in [0.25, 0.3) is 5.91 Å². The summed E-state index contributed by atoms with van der Waals surface area (Å²) in [5.74, 6) is -0.0713. The molecule has 0 bridgehead atoms. The Kier molecular flexibility index (Phi) is 12.2. The largest absolute Gasteiger partial charge is 0.492 e. The Hall–Kier alpha value is -5.17. The monoisotopic (exact) mass is 842 g/mol. The van der Waals surface area contributed by atoms with Crippen LogP contribution in [0.15, 0.2) is 60.7 Å². The summed E-state index contributed by atoms with van der Waals surface area (Å²) in [5, 5.41) is 11.7. The molecule has 15 heteroatoms. The number of nitrogens with zero attached hydrogens (tertiary/aromatic N) is 5. The van der Waals surface area contributed by atoms with Crippen molar-refractivity contribution >= 4 is 52.2 Å². The lowest BCUT2D eigenvalue weighted by Crippen LogP contribution is -2.58. The van der Waals surface area contributed by atoms with Crippen molar-refractivity contribution in [3.8, 4) is 11.8 Å². The molecule has 3 aromatic rings. The topological polar surface area (TPSA) is 126 Å². The first-order valence-electron chi connectivity index (χ1n) is 20.4. The van der Waals surface area contributed by atoms with Gasteiger partial charge in [-0.15, -0.1) is 0 Å². The second kappa shape index (κ2) is 17.1. The fraction of sp³-hybridized carbons (Fsp3) is 0.467. The van der Waals surface area contributed by atoms with E-state index in [0.29, 0.717) is 51.1 Å². The van der Waals surface area contributed by atoms with Crippen molar-refractivity contribution in [2.75, 3.05) is 42.6 Å². The van der Waals surface area contributed by atoms with Crippen molar-refractivity contribution in [3.63, 3.8) is 0 Å². The molecule has 7 rings (SSSR count). The second-order valence-electron chi connectivity index (χ2n) is 17.0. The van der Waals surface area contributed by atoms with E-state index in [1.807, 2.05) is 42.5 Å². The van der Waals surface area contributed by atoms with Gasteiger partial charge in [0, 0.05) is 56.2 Å². The molecule has 4 fully saturated rings. The molecular weight excluding hydrogens is 794 g/mol. The summed E-state index contributed by atoms with van der Waals surface area (Å²) >= 11 is 5.77. The highest BCUT2D eigenvalue weighted by atomic mass is 32.1. The molecule has 1 N–H and O–H groups in total. The first kappa shape index (κ1) is 42.9. The smallest absolute Gasteiger partial charge is 0.417 e. The minimum Gasteiger partial charge on any atom is -0.492 e. The summed E-state index contributed by atoms with van der Waals surface area (Å²) < 4.78 is 47.9. The maximum absolute atomic E-state index is 13.8. The number of nitrogens with one attached hydrogen (secondary N) is 1. The lowest BCUT2D eigenvalue weighted by atomic mass is 9.90. The number of amides is 3. The molecule has 3 heterocycles. The molecule has 11 nitrogen and oxygen atoms in total.